The van der Waals surface area contributed by atoms with E-state index in [2.05, 4.69) is 75.8 Å². The molecule has 3 rings (SSSR count). The molecule has 0 saturated heterocycles. The predicted octanol–water partition coefficient (Wildman–Crippen LogP) is 5.05. The van der Waals surface area contributed by atoms with Crippen LogP contribution in [0.2, 0.25) is 0 Å². The Bertz CT molecular complexity index is 646. The average molecular weight is 296 g/mol. The summed E-state index contributed by atoms with van der Waals surface area (Å²) in [6.07, 6.45) is 5.75. The molecule has 1 aromatic carbocycles. The lowest BCUT2D eigenvalue weighted by Crippen LogP contribution is -2.44. The highest BCUT2D eigenvalue weighted by molar-refractivity contribution is 5.34. The van der Waals surface area contributed by atoms with Gasteiger partial charge in [0.05, 0.1) is 11.4 Å². The predicted molar refractivity (Wildman–Crippen MR) is 92.3 cm³/mol. The molecule has 0 spiro atoms. The standard InChI is InChI=1S/C20H28N2/c1-15(2)20(19(3,4)5)12-11-18-16(13-20)14-22(21-18)17-9-7-6-8-10-17/h6-10,14-15H,11-13H2,1-5H3. The number of rotatable bonds is 2. The highest BCUT2D eigenvalue weighted by atomic mass is 15.3. The third kappa shape index (κ3) is 2.39. The van der Waals surface area contributed by atoms with Gasteiger partial charge in [-0.1, -0.05) is 52.8 Å². The number of hydrogen-bond acceptors (Lipinski definition) is 1. The van der Waals surface area contributed by atoms with Crippen LogP contribution in [0.4, 0.5) is 0 Å². The minimum atomic E-state index is 0.313. The first-order chi connectivity index (χ1) is 10.3. The zero-order chi connectivity index (χ0) is 16.0. The van der Waals surface area contributed by atoms with Crippen LogP contribution in [0.5, 0.6) is 0 Å². The normalized spacial score (nSPS) is 21.9. The molecule has 2 heteroatoms. The number of aryl methyl sites for hydroxylation is 1. The molecule has 0 saturated carbocycles. The molecule has 0 radical (unpaired) electrons. The van der Waals surface area contributed by atoms with E-state index in [1.807, 2.05) is 0 Å². The van der Waals surface area contributed by atoms with E-state index < -0.39 is 0 Å². The van der Waals surface area contributed by atoms with Crippen molar-refractivity contribution in [3.63, 3.8) is 0 Å². The second-order valence-electron chi connectivity index (χ2n) is 8.12. The van der Waals surface area contributed by atoms with Crippen molar-refractivity contribution >= 4 is 0 Å². The molecule has 1 atom stereocenters. The van der Waals surface area contributed by atoms with Crippen molar-refractivity contribution in [2.45, 2.75) is 53.9 Å². The molecular weight excluding hydrogens is 268 g/mol. The zero-order valence-electron chi connectivity index (χ0n) is 14.6. The molecule has 0 N–H and O–H groups in total. The quantitative estimate of drug-likeness (QED) is 0.758. The topological polar surface area (TPSA) is 17.8 Å². The fourth-order valence-corrected chi connectivity index (χ4v) is 4.29. The molecule has 1 aliphatic carbocycles. The molecule has 1 aromatic heterocycles. The summed E-state index contributed by atoms with van der Waals surface area (Å²) in [5.41, 5.74) is 4.57. The summed E-state index contributed by atoms with van der Waals surface area (Å²) in [6.45, 7) is 12.0. The molecule has 2 nitrogen and oxygen atoms in total. The number of fused-ring (bicyclic) bond motifs is 1. The third-order valence-corrected chi connectivity index (χ3v) is 5.81. The number of nitrogens with zero attached hydrogens (tertiary/aromatic N) is 2. The van der Waals surface area contributed by atoms with E-state index in [1.165, 1.54) is 17.7 Å². The maximum atomic E-state index is 4.84. The molecular formula is C20H28N2. The van der Waals surface area contributed by atoms with Crippen LogP contribution in [0.3, 0.4) is 0 Å². The first-order valence-corrected chi connectivity index (χ1v) is 8.46. The van der Waals surface area contributed by atoms with Crippen LogP contribution in [-0.4, -0.2) is 9.78 Å². The van der Waals surface area contributed by atoms with Crippen LogP contribution in [0.15, 0.2) is 36.5 Å². The van der Waals surface area contributed by atoms with E-state index >= 15 is 0 Å². The summed E-state index contributed by atoms with van der Waals surface area (Å²) in [4.78, 5) is 0. The molecule has 0 aliphatic heterocycles. The van der Waals surface area contributed by atoms with Gasteiger partial charge in [-0.3, -0.25) is 0 Å². The Morgan fingerprint density at radius 1 is 1.14 bits per heavy atom. The summed E-state index contributed by atoms with van der Waals surface area (Å²) in [5.74, 6) is 0.681. The van der Waals surface area contributed by atoms with Crippen molar-refractivity contribution < 1.29 is 0 Å². The number of para-hydroxylation sites is 1. The maximum absolute atomic E-state index is 4.84. The number of hydrogen-bond donors (Lipinski definition) is 0. The molecule has 1 heterocycles. The van der Waals surface area contributed by atoms with Crippen molar-refractivity contribution in [1.29, 1.82) is 0 Å². The van der Waals surface area contributed by atoms with E-state index in [-0.39, 0.29) is 0 Å². The molecule has 0 fully saturated rings. The lowest BCUT2D eigenvalue weighted by molar-refractivity contribution is 0.0147. The van der Waals surface area contributed by atoms with Crippen molar-refractivity contribution in [3.05, 3.63) is 47.8 Å². The van der Waals surface area contributed by atoms with Gasteiger partial charge >= 0.3 is 0 Å². The van der Waals surface area contributed by atoms with Gasteiger partial charge < -0.3 is 0 Å². The molecule has 118 valence electrons. The number of aromatic nitrogens is 2. The maximum Gasteiger partial charge on any atom is 0.0661 e. The summed E-state index contributed by atoms with van der Waals surface area (Å²) in [6, 6.07) is 10.4. The first-order valence-electron chi connectivity index (χ1n) is 8.46. The lowest BCUT2D eigenvalue weighted by atomic mass is 9.54. The van der Waals surface area contributed by atoms with Gasteiger partial charge in [0.1, 0.15) is 0 Å². The first kappa shape index (κ1) is 15.3. The number of benzene rings is 1. The Morgan fingerprint density at radius 3 is 2.41 bits per heavy atom. The Hall–Kier alpha value is -1.57. The minimum Gasteiger partial charge on any atom is -0.240 e. The summed E-state index contributed by atoms with van der Waals surface area (Å²) < 4.78 is 2.06. The van der Waals surface area contributed by atoms with Gasteiger partial charge in [-0.05, 0) is 53.7 Å². The van der Waals surface area contributed by atoms with Crippen LogP contribution < -0.4 is 0 Å². The smallest absolute Gasteiger partial charge is 0.0661 e. The van der Waals surface area contributed by atoms with E-state index in [9.17, 15) is 0 Å². The van der Waals surface area contributed by atoms with E-state index in [4.69, 9.17) is 5.10 Å². The van der Waals surface area contributed by atoms with E-state index in [1.54, 1.807) is 0 Å². The Balaban J connectivity index is 1.98. The van der Waals surface area contributed by atoms with E-state index in [0.717, 1.165) is 18.5 Å². The van der Waals surface area contributed by atoms with Gasteiger partial charge in [0.2, 0.25) is 0 Å². The summed E-state index contributed by atoms with van der Waals surface area (Å²) in [7, 11) is 0. The van der Waals surface area contributed by atoms with Crippen molar-refractivity contribution in [2.75, 3.05) is 0 Å². The monoisotopic (exact) mass is 296 g/mol. The fourth-order valence-electron chi connectivity index (χ4n) is 4.29. The fraction of sp³-hybridized carbons (Fsp3) is 0.550. The van der Waals surface area contributed by atoms with Gasteiger partial charge in [-0.25, -0.2) is 4.68 Å². The van der Waals surface area contributed by atoms with Crippen LogP contribution >= 0.6 is 0 Å². The van der Waals surface area contributed by atoms with Crippen LogP contribution in [-0.2, 0) is 12.8 Å². The second-order valence-corrected chi connectivity index (χ2v) is 8.12. The highest BCUT2D eigenvalue weighted by Gasteiger charge is 2.46. The largest absolute Gasteiger partial charge is 0.240 e. The van der Waals surface area contributed by atoms with E-state index in [0.29, 0.717) is 16.7 Å². The van der Waals surface area contributed by atoms with Crippen LogP contribution in [0.25, 0.3) is 5.69 Å². The zero-order valence-corrected chi connectivity index (χ0v) is 14.6. The third-order valence-electron chi connectivity index (χ3n) is 5.81. The minimum absolute atomic E-state index is 0.313. The van der Waals surface area contributed by atoms with Crippen molar-refractivity contribution in [3.8, 4) is 5.69 Å². The molecule has 0 amide bonds. The Morgan fingerprint density at radius 2 is 1.82 bits per heavy atom. The summed E-state index contributed by atoms with van der Waals surface area (Å²) in [5, 5.41) is 4.84. The Kier molecular flexibility index (Phi) is 3.66. The molecule has 1 aliphatic rings. The highest BCUT2D eigenvalue weighted by Crippen LogP contribution is 2.52. The molecule has 2 aromatic rings. The van der Waals surface area contributed by atoms with Crippen molar-refractivity contribution in [1.82, 2.24) is 9.78 Å². The molecule has 1 unspecified atom stereocenters. The van der Waals surface area contributed by atoms with Gasteiger partial charge in [-0.2, -0.15) is 5.10 Å². The summed E-state index contributed by atoms with van der Waals surface area (Å²) >= 11 is 0. The van der Waals surface area contributed by atoms with Crippen molar-refractivity contribution in [2.24, 2.45) is 16.7 Å². The second kappa shape index (κ2) is 5.26. The SMILES string of the molecule is CC(C)C1(C(C)(C)C)CCc2nn(-c3ccccc3)cc2C1. The van der Waals surface area contributed by atoms with Gasteiger partial charge in [0.15, 0.2) is 0 Å². The van der Waals surface area contributed by atoms with Gasteiger partial charge in [0, 0.05) is 6.20 Å². The molecule has 22 heavy (non-hydrogen) atoms. The Labute approximate surface area is 134 Å². The van der Waals surface area contributed by atoms with Crippen LogP contribution in [0, 0.1) is 16.7 Å². The molecule has 0 bridgehead atoms. The van der Waals surface area contributed by atoms with Gasteiger partial charge in [-0.15, -0.1) is 0 Å². The average Bonchev–Trinajstić information content (AvgIpc) is 2.89. The lowest BCUT2D eigenvalue weighted by Gasteiger charge is -2.50. The van der Waals surface area contributed by atoms with Gasteiger partial charge in [0.25, 0.3) is 0 Å². The van der Waals surface area contributed by atoms with Crippen LogP contribution in [0.1, 0.15) is 52.3 Å².